The third-order valence-electron chi connectivity index (χ3n) is 3.76. The van der Waals surface area contributed by atoms with E-state index in [-0.39, 0.29) is 0 Å². The summed E-state index contributed by atoms with van der Waals surface area (Å²) in [7, 11) is 1.54. The van der Waals surface area contributed by atoms with Gasteiger partial charge in [0.1, 0.15) is 12.5 Å². The number of carbonyl (C=O) groups is 1. The van der Waals surface area contributed by atoms with Crippen LogP contribution in [-0.2, 0) is 6.42 Å². The first-order valence-corrected chi connectivity index (χ1v) is 7.97. The number of ether oxygens (including phenoxy) is 2. The van der Waals surface area contributed by atoms with E-state index in [4.69, 9.17) is 13.9 Å². The minimum absolute atomic E-state index is 0.427. The number of oxazole rings is 1. The largest absolute Gasteiger partial charge is 0.493 e. The van der Waals surface area contributed by atoms with Gasteiger partial charge in [-0.2, -0.15) is 0 Å². The lowest BCUT2D eigenvalue weighted by Gasteiger charge is -2.10. The number of carbonyl (C=O) groups excluding carboxylic acids is 1. The number of aromatic nitrogens is 1. The molecule has 3 aromatic rings. The van der Waals surface area contributed by atoms with Gasteiger partial charge < -0.3 is 13.9 Å². The molecule has 0 spiro atoms. The van der Waals surface area contributed by atoms with Gasteiger partial charge in [-0.15, -0.1) is 0 Å². The minimum atomic E-state index is 0.427. The molecule has 5 heteroatoms. The molecule has 0 atom stereocenters. The summed E-state index contributed by atoms with van der Waals surface area (Å²) in [6, 6.07) is 13.1. The molecule has 0 radical (unpaired) electrons. The standard InChI is InChI=1S/C20H19NO4/c1-14-4-3-5-16(10-14)20-21-17(13-25-20)8-9-24-18-7-6-15(12-22)11-19(18)23-2/h3-7,10-13H,8-9H2,1-2H3. The Morgan fingerprint density at radius 3 is 2.80 bits per heavy atom. The van der Waals surface area contributed by atoms with Crippen LogP contribution in [0.2, 0.25) is 0 Å². The number of aldehydes is 1. The SMILES string of the molecule is COc1cc(C=O)ccc1OCCc1coc(-c2cccc(C)c2)n1. The van der Waals surface area contributed by atoms with E-state index in [1.807, 2.05) is 31.2 Å². The number of hydrogen-bond acceptors (Lipinski definition) is 5. The van der Waals surface area contributed by atoms with Gasteiger partial charge in [-0.05, 0) is 37.3 Å². The summed E-state index contributed by atoms with van der Waals surface area (Å²) in [6.45, 7) is 2.46. The molecule has 0 aliphatic carbocycles. The molecule has 0 amide bonds. The normalized spacial score (nSPS) is 10.5. The van der Waals surface area contributed by atoms with Crippen LogP contribution in [0.1, 0.15) is 21.6 Å². The van der Waals surface area contributed by atoms with Crippen LogP contribution >= 0.6 is 0 Å². The molecule has 0 bridgehead atoms. The monoisotopic (exact) mass is 337 g/mol. The second kappa shape index (κ2) is 7.66. The van der Waals surface area contributed by atoms with E-state index in [1.54, 1.807) is 31.6 Å². The van der Waals surface area contributed by atoms with Gasteiger partial charge in [-0.25, -0.2) is 4.98 Å². The molecule has 5 nitrogen and oxygen atoms in total. The molecule has 128 valence electrons. The molecular formula is C20H19NO4. The lowest BCUT2D eigenvalue weighted by atomic mass is 10.1. The van der Waals surface area contributed by atoms with Crippen LogP contribution in [0.15, 0.2) is 53.1 Å². The Hall–Kier alpha value is -3.08. The average molecular weight is 337 g/mol. The zero-order valence-corrected chi connectivity index (χ0v) is 14.2. The molecular weight excluding hydrogens is 318 g/mol. The van der Waals surface area contributed by atoms with Gasteiger partial charge in [0.2, 0.25) is 5.89 Å². The van der Waals surface area contributed by atoms with Gasteiger partial charge in [-0.3, -0.25) is 4.79 Å². The van der Waals surface area contributed by atoms with Gasteiger partial charge in [0.25, 0.3) is 0 Å². The molecule has 0 aliphatic heterocycles. The molecule has 0 fully saturated rings. The highest BCUT2D eigenvalue weighted by atomic mass is 16.5. The lowest BCUT2D eigenvalue weighted by molar-refractivity contribution is 0.112. The Balaban J connectivity index is 1.62. The second-order valence-corrected chi connectivity index (χ2v) is 5.64. The van der Waals surface area contributed by atoms with Crippen molar-refractivity contribution >= 4 is 6.29 Å². The minimum Gasteiger partial charge on any atom is -0.493 e. The molecule has 0 N–H and O–H groups in total. The van der Waals surface area contributed by atoms with Gasteiger partial charge >= 0.3 is 0 Å². The van der Waals surface area contributed by atoms with Crippen molar-refractivity contribution in [2.75, 3.05) is 13.7 Å². The van der Waals surface area contributed by atoms with Crippen LogP contribution in [0.4, 0.5) is 0 Å². The highest BCUT2D eigenvalue weighted by Crippen LogP contribution is 2.27. The van der Waals surface area contributed by atoms with Crippen LogP contribution in [-0.4, -0.2) is 25.0 Å². The molecule has 1 heterocycles. The van der Waals surface area contributed by atoms with Crippen molar-refractivity contribution in [1.29, 1.82) is 0 Å². The summed E-state index contributed by atoms with van der Waals surface area (Å²) in [5, 5.41) is 0. The van der Waals surface area contributed by atoms with Crippen molar-refractivity contribution in [3.05, 3.63) is 65.5 Å². The van der Waals surface area contributed by atoms with Crippen molar-refractivity contribution in [2.45, 2.75) is 13.3 Å². The quantitative estimate of drug-likeness (QED) is 0.608. The maximum absolute atomic E-state index is 10.8. The fourth-order valence-corrected chi connectivity index (χ4v) is 2.47. The Morgan fingerprint density at radius 2 is 2.04 bits per heavy atom. The van der Waals surface area contributed by atoms with Crippen LogP contribution in [0.5, 0.6) is 11.5 Å². The number of benzene rings is 2. The number of methoxy groups -OCH3 is 1. The summed E-state index contributed by atoms with van der Waals surface area (Å²) in [5.41, 5.74) is 3.48. The van der Waals surface area contributed by atoms with Gasteiger partial charge in [0.05, 0.1) is 19.4 Å². The fourth-order valence-electron chi connectivity index (χ4n) is 2.47. The maximum Gasteiger partial charge on any atom is 0.226 e. The topological polar surface area (TPSA) is 61.6 Å². The first-order valence-electron chi connectivity index (χ1n) is 7.97. The van der Waals surface area contributed by atoms with Gasteiger partial charge in [0.15, 0.2) is 11.5 Å². The fraction of sp³-hybridized carbons (Fsp3) is 0.200. The zero-order chi connectivity index (χ0) is 17.6. The van der Waals surface area contributed by atoms with Crippen molar-refractivity contribution in [2.24, 2.45) is 0 Å². The summed E-state index contributed by atoms with van der Waals surface area (Å²) in [4.78, 5) is 15.3. The first-order chi connectivity index (χ1) is 12.2. The first kappa shape index (κ1) is 16.8. The van der Waals surface area contributed by atoms with Crippen LogP contribution < -0.4 is 9.47 Å². The van der Waals surface area contributed by atoms with E-state index in [0.29, 0.717) is 36.0 Å². The smallest absolute Gasteiger partial charge is 0.226 e. The maximum atomic E-state index is 10.8. The predicted octanol–water partition coefficient (Wildman–Crippen LogP) is 4.09. The summed E-state index contributed by atoms with van der Waals surface area (Å²) < 4.78 is 16.5. The van der Waals surface area contributed by atoms with Crippen molar-refractivity contribution in [1.82, 2.24) is 4.98 Å². The Bertz CT molecular complexity index is 870. The highest BCUT2D eigenvalue weighted by Gasteiger charge is 2.09. The second-order valence-electron chi connectivity index (χ2n) is 5.64. The van der Waals surface area contributed by atoms with Crippen LogP contribution in [0.25, 0.3) is 11.5 Å². The molecule has 0 aliphatic rings. The molecule has 0 saturated heterocycles. The molecule has 1 aromatic heterocycles. The Morgan fingerprint density at radius 1 is 1.16 bits per heavy atom. The number of nitrogens with zero attached hydrogens (tertiary/aromatic N) is 1. The third-order valence-corrected chi connectivity index (χ3v) is 3.76. The molecule has 2 aromatic carbocycles. The number of hydrogen-bond donors (Lipinski definition) is 0. The highest BCUT2D eigenvalue weighted by molar-refractivity contribution is 5.76. The molecule has 0 saturated carbocycles. The zero-order valence-electron chi connectivity index (χ0n) is 14.2. The Kier molecular flexibility index (Phi) is 5.14. The summed E-state index contributed by atoms with van der Waals surface area (Å²) in [6.07, 6.45) is 3.02. The van der Waals surface area contributed by atoms with Crippen molar-refractivity contribution in [3.63, 3.8) is 0 Å². The molecule has 0 unspecified atom stereocenters. The van der Waals surface area contributed by atoms with Crippen LogP contribution in [0.3, 0.4) is 0 Å². The van der Waals surface area contributed by atoms with E-state index in [9.17, 15) is 4.79 Å². The average Bonchev–Trinajstić information content (AvgIpc) is 3.11. The van der Waals surface area contributed by atoms with E-state index in [0.717, 1.165) is 23.1 Å². The van der Waals surface area contributed by atoms with E-state index in [1.165, 1.54) is 0 Å². The van der Waals surface area contributed by atoms with E-state index < -0.39 is 0 Å². The summed E-state index contributed by atoms with van der Waals surface area (Å²) in [5.74, 6) is 1.73. The van der Waals surface area contributed by atoms with E-state index >= 15 is 0 Å². The Labute approximate surface area is 146 Å². The van der Waals surface area contributed by atoms with E-state index in [2.05, 4.69) is 4.98 Å². The lowest BCUT2D eigenvalue weighted by Crippen LogP contribution is -2.03. The summed E-state index contributed by atoms with van der Waals surface area (Å²) >= 11 is 0. The molecule has 3 rings (SSSR count). The number of aryl methyl sites for hydroxylation is 1. The third kappa shape index (κ3) is 4.07. The molecule has 25 heavy (non-hydrogen) atoms. The van der Waals surface area contributed by atoms with Crippen molar-refractivity contribution < 1.29 is 18.7 Å². The van der Waals surface area contributed by atoms with Crippen LogP contribution in [0, 0.1) is 6.92 Å². The van der Waals surface area contributed by atoms with Crippen molar-refractivity contribution in [3.8, 4) is 23.0 Å². The van der Waals surface area contributed by atoms with Gasteiger partial charge in [0, 0.05) is 17.5 Å². The number of rotatable bonds is 7. The van der Waals surface area contributed by atoms with Gasteiger partial charge in [-0.1, -0.05) is 17.7 Å². The predicted molar refractivity (Wildman–Crippen MR) is 94.3 cm³/mol.